The van der Waals surface area contributed by atoms with Gasteiger partial charge in [0.1, 0.15) is 18.0 Å². The zero-order chi connectivity index (χ0) is 42.1. The lowest BCUT2D eigenvalue weighted by Crippen LogP contribution is -2.54. The Bertz CT molecular complexity index is 2300. The van der Waals surface area contributed by atoms with Crippen LogP contribution in [0.25, 0.3) is 11.1 Å². The fraction of sp³-hybridized carbons (Fsp3) is 0.429. The van der Waals surface area contributed by atoms with E-state index in [-0.39, 0.29) is 40.9 Å². The first-order valence-corrected chi connectivity index (χ1v) is 20.9. The first-order valence-electron chi connectivity index (χ1n) is 20.2. The number of piperidine rings is 2. The van der Waals surface area contributed by atoms with Crippen molar-refractivity contribution in [3.05, 3.63) is 87.5 Å². The van der Waals surface area contributed by atoms with Crippen molar-refractivity contribution in [1.29, 1.82) is 0 Å². The Kier molecular flexibility index (Phi) is 12.4. The second kappa shape index (κ2) is 17.8. The Morgan fingerprint density at radius 3 is 2.52 bits per heavy atom. The van der Waals surface area contributed by atoms with Crippen LogP contribution in [0.15, 0.2) is 55.0 Å². The highest BCUT2D eigenvalue weighted by molar-refractivity contribution is 6.36. The van der Waals surface area contributed by atoms with Crippen molar-refractivity contribution in [3.63, 3.8) is 0 Å². The van der Waals surface area contributed by atoms with Gasteiger partial charge in [0.15, 0.2) is 11.6 Å². The zero-order valence-corrected chi connectivity index (χ0v) is 34.6. The summed E-state index contributed by atoms with van der Waals surface area (Å²) >= 11 is 12.5. The van der Waals surface area contributed by atoms with Gasteiger partial charge in [0.05, 0.1) is 41.6 Å². The molecule has 2 aromatic heterocycles. The number of amides is 4. The van der Waals surface area contributed by atoms with Crippen molar-refractivity contribution in [3.8, 4) is 16.9 Å². The molecule has 6 heterocycles. The van der Waals surface area contributed by atoms with Crippen LogP contribution in [0.4, 0.5) is 15.9 Å². The molecular formula is C42H46Cl2FN9O6. The molecule has 3 fully saturated rings. The van der Waals surface area contributed by atoms with E-state index in [9.17, 15) is 23.6 Å². The number of nitrogen functional groups attached to an aromatic ring is 1. The highest BCUT2D eigenvalue weighted by Crippen LogP contribution is 2.38. The van der Waals surface area contributed by atoms with Gasteiger partial charge in [0.2, 0.25) is 11.8 Å². The number of hydrogen-bond acceptors (Lipinski definition) is 12. The van der Waals surface area contributed by atoms with Gasteiger partial charge in [-0.1, -0.05) is 29.3 Å². The minimum Gasteiger partial charge on any atom is -0.482 e. The number of nitrogens with two attached hydrogens (primary N) is 1. The summed E-state index contributed by atoms with van der Waals surface area (Å²) in [6.07, 6.45) is 6.92. The minimum absolute atomic E-state index is 0.0793. The SMILES string of the molecule is CC(Oc1cc(-c2cnn(C3CCN(CCOCCN4CC(CNc5cccc6c5C(=O)N(C5CCC(=O)NC5=O)C6=O)C4)CC3)c2)cnc1N)c1c(Cl)ccc(F)c1Cl. The van der Waals surface area contributed by atoms with Crippen molar-refractivity contribution in [2.24, 2.45) is 5.92 Å². The number of likely N-dealkylation sites (tertiary alicyclic amines) is 2. The van der Waals surface area contributed by atoms with Gasteiger partial charge in [0, 0.05) is 97.9 Å². The largest absolute Gasteiger partial charge is 0.482 e. The number of fused-ring (bicyclic) bond motifs is 1. The topological polar surface area (TPSA) is 177 Å². The van der Waals surface area contributed by atoms with Gasteiger partial charge in [-0.05, 0) is 56.5 Å². The van der Waals surface area contributed by atoms with Crippen molar-refractivity contribution >= 4 is 58.3 Å². The van der Waals surface area contributed by atoms with Crippen LogP contribution in [0.5, 0.6) is 5.75 Å². The summed E-state index contributed by atoms with van der Waals surface area (Å²) in [4.78, 5) is 60.6. The number of hydrogen-bond donors (Lipinski definition) is 3. The van der Waals surface area contributed by atoms with E-state index in [1.54, 1.807) is 43.6 Å². The minimum atomic E-state index is -0.993. The van der Waals surface area contributed by atoms with Gasteiger partial charge >= 0.3 is 0 Å². The van der Waals surface area contributed by atoms with Crippen LogP contribution >= 0.6 is 23.2 Å². The van der Waals surface area contributed by atoms with Crippen LogP contribution in [0, 0.1) is 11.7 Å². The second-order valence-electron chi connectivity index (χ2n) is 15.7. The summed E-state index contributed by atoms with van der Waals surface area (Å²) in [5, 5.41) is 10.5. The van der Waals surface area contributed by atoms with E-state index in [1.165, 1.54) is 12.1 Å². The molecule has 60 heavy (non-hydrogen) atoms. The Labute approximate surface area is 356 Å². The van der Waals surface area contributed by atoms with Crippen LogP contribution in [0.3, 0.4) is 0 Å². The monoisotopic (exact) mass is 861 g/mol. The average molecular weight is 863 g/mol. The number of nitrogens with zero attached hydrogens (tertiary/aromatic N) is 6. The maximum Gasteiger partial charge on any atom is 0.264 e. The van der Waals surface area contributed by atoms with E-state index in [0.29, 0.717) is 47.7 Å². The molecule has 0 bridgehead atoms. The molecular weight excluding hydrogens is 816 g/mol. The van der Waals surface area contributed by atoms with E-state index in [1.807, 2.05) is 10.9 Å². The molecule has 2 atom stereocenters. The molecule has 316 valence electrons. The smallest absolute Gasteiger partial charge is 0.264 e. The van der Waals surface area contributed by atoms with Gasteiger partial charge in [-0.25, -0.2) is 9.37 Å². The first-order chi connectivity index (χ1) is 28.9. The molecule has 15 nitrogen and oxygen atoms in total. The molecule has 2 unspecified atom stereocenters. The number of benzene rings is 2. The molecule has 0 spiro atoms. The number of anilines is 2. The van der Waals surface area contributed by atoms with Crippen molar-refractivity contribution < 1.29 is 33.0 Å². The molecule has 4 amide bonds. The van der Waals surface area contributed by atoms with Gasteiger partial charge in [-0.2, -0.15) is 5.10 Å². The number of pyridine rings is 1. The standard InChI is InChI=1S/C42H46Cl2FN9O6/c1-24(36-30(43)5-6-31(45)38(36)44)60-34-17-26(19-48-39(34)46)27-20-49-53(23-27)28-9-11-51(12-10-28)13-15-59-16-14-52-21-25(22-52)18-47-32-4-2-3-29-37(32)42(58)54(41(29)57)33-7-8-35(55)50-40(33)56/h2-6,17,19-20,23-25,28,33,47H,7-16,18,21-22H2,1H3,(H2,46,48)(H,50,55,56). The fourth-order valence-corrected chi connectivity index (χ4v) is 9.04. The molecule has 4 N–H and O–H groups in total. The predicted molar refractivity (Wildman–Crippen MR) is 222 cm³/mol. The number of carbonyl (C=O) groups excluding carboxylic acids is 4. The normalized spacial score (nSPS) is 19.7. The van der Waals surface area contributed by atoms with Crippen LogP contribution in [-0.2, 0) is 14.3 Å². The Balaban J connectivity index is 0.726. The average Bonchev–Trinajstić information content (AvgIpc) is 3.81. The van der Waals surface area contributed by atoms with Crippen molar-refractivity contribution in [2.75, 3.05) is 70.1 Å². The van der Waals surface area contributed by atoms with Gasteiger partial charge in [-0.3, -0.25) is 34.1 Å². The number of carbonyl (C=O) groups is 4. The lowest BCUT2D eigenvalue weighted by atomic mass is 9.99. The number of halogens is 3. The fourth-order valence-electron chi connectivity index (χ4n) is 8.36. The van der Waals surface area contributed by atoms with E-state index in [0.717, 1.165) is 68.1 Å². The third-order valence-corrected chi connectivity index (χ3v) is 12.4. The summed E-state index contributed by atoms with van der Waals surface area (Å²) in [5.41, 5.74) is 9.24. The molecule has 0 radical (unpaired) electrons. The summed E-state index contributed by atoms with van der Waals surface area (Å²) < 4.78 is 28.2. The summed E-state index contributed by atoms with van der Waals surface area (Å²) in [5.74, 6) is -1.74. The summed E-state index contributed by atoms with van der Waals surface area (Å²) in [6, 6.07) is 8.81. The molecule has 3 saturated heterocycles. The molecule has 0 saturated carbocycles. The molecule has 4 aromatic rings. The van der Waals surface area contributed by atoms with Gasteiger partial charge in [0.25, 0.3) is 11.8 Å². The zero-order valence-electron chi connectivity index (χ0n) is 33.0. The van der Waals surface area contributed by atoms with Crippen molar-refractivity contribution in [2.45, 2.75) is 50.8 Å². The Morgan fingerprint density at radius 1 is 0.983 bits per heavy atom. The third-order valence-electron chi connectivity index (χ3n) is 11.7. The van der Waals surface area contributed by atoms with Crippen LogP contribution in [0.1, 0.15) is 71.0 Å². The Hall–Kier alpha value is -5.13. The number of ether oxygens (including phenoxy) is 2. The lowest BCUT2D eigenvalue weighted by molar-refractivity contribution is -0.136. The quantitative estimate of drug-likeness (QED) is 0.0810. The second-order valence-corrected chi connectivity index (χ2v) is 16.5. The number of imide groups is 2. The van der Waals surface area contributed by atoms with Crippen LogP contribution in [0.2, 0.25) is 10.0 Å². The molecule has 0 aliphatic carbocycles. The maximum absolute atomic E-state index is 14.1. The molecule has 4 aliphatic heterocycles. The van der Waals surface area contributed by atoms with Gasteiger partial charge < -0.3 is 30.3 Å². The summed E-state index contributed by atoms with van der Waals surface area (Å²) in [7, 11) is 0. The molecule has 4 aliphatic rings. The van der Waals surface area contributed by atoms with E-state index in [4.69, 9.17) is 38.4 Å². The van der Waals surface area contributed by atoms with Crippen LogP contribution in [-0.4, -0.2) is 118 Å². The van der Waals surface area contributed by atoms with E-state index >= 15 is 0 Å². The number of nitrogens with one attached hydrogen (secondary N) is 2. The highest BCUT2D eigenvalue weighted by Gasteiger charge is 2.45. The summed E-state index contributed by atoms with van der Waals surface area (Å²) in [6.45, 7) is 9.02. The predicted octanol–water partition coefficient (Wildman–Crippen LogP) is 5.21. The van der Waals surface area contributed by atoms with E-state index in [2.05, 4.69) is 30.5 Å². The molecule has 2 aromatic carbocycles. The van der Waals surface area contributed by atoms with Crippen LogP contribution < -0.4 is 21.1 Å². The lowest BCUT2D eigenvalue weighted by Gasteiger charge is -2.39. The number of rotatable bonds is 15. The third kappa shape index (κ3) is 8.70. The van der Waals surface area contributed by atoms with Gasteiger partial charge in [-0.15, -0.1) is 0 Å². The first kappa shape index (κ1) is 41.6. The maximum atomic E-state index is 14.1. The molecule has 8 rings (SSSR count). The number of aromatic nitrogens is 3. The highest BCUT2D eigenvalue weighted by atomic mass is 35.5. The molecule has 18 heteroatoms. The van der Waals surface area contributed by atoms with Crippen molar-refractivity contribution in [1.82, 2.24) is 34.8 Å². The van der Waals surface area contributed by atoms with E-state index < -0.39 is 41.6 Å². The Morgan fingerprint density at radius 2 is 1.75 bits per heavy atom.